The van der Waals surface area contributed by atoms with Gasteiger partial charge in [-0.05, 0) is 62.5 Å². The van der Waals surface area contributed by atoms with Gasteiger partial charge in [-0.3, -0.25) is 0 Å². The summed E-state index contributed by atoms with van der Waals surface area (Å²) >= 11 is 3.57. The van der Waals surface area contributed by atoms with Crippen molar-refractivity contribution < 1.29 is 0 Å². The highest BCUT2D eigenvalue weighted by atomic mass is 79.9. The summed E-state index contributed by atoms with van der Waals surface area (Å²) < 4.78 is 1.18. The average Bonchev–Trinajstić information content (AvgIpc) is 2.73. The lowest BCUT2D eigenvalue weighted by atomic mass is 10.1. The van der Waals surface area contributed by atoms with Crippen molar-refractivity contribution in [1.29, 1.82) is 0 Å². The van der Waals surface area contributed by atoms with Crippen molar-refractivity contribution in [1.82, 2.24) is 5.32 Å². The molecule has 0 aromatic heterocycles. The molecule has 1 aromatic carbocycles. The Morgan fingerprint density at radius 1 is 1.33 bits per heavy atom. The van der Waals surface area contributed by atoms with Crippen LogP contribution in [0.2, 0.25) is 0 Å². The second-order valence-corrected chi connectivity index (χ2v) is 6.21. The number of nitrogens with one attached hydrogen (secondary N) is 1. The maximum Gasteiger partial charge on any atom is 0.0426 e. The van der Waals surface area contributed by atoms with Crippen LogP contribution in [0.5, 0.6) is 0 Å². The highest BCUT2D eigenvalue weighted by Crippen LogP contribution is 2.32. The predicted molar refractivity (Wildman–Crippen MR) is 82.5 cm³/mol. The number of nitrogens with zero attached hydrogens (tertiary/aromatic N) is 1. The van der Waals surface area contributed by atoms with E-state index in [4.69, 9.17) is 0 Å². The molecule has 0 bridgehead atoms. The van der Waals surface area contributed by atoms with Crippen LogP contribution in [-0.2, 0) is 0 Å². The van der Waals surface area contributed by atoms with E-state index in [0.29, 0.717) is 0 Å². The summed E-state index contributed by atoms with van der Waals surface area (Å²) in [6, 6.07) is 4.44. The van der Waals surface area contributed by atoms with Gasteiger partial charge < -0.3 is 10.2 Å². The number of aryl methyl sites for hydroxylation is 2. The first-order valence-electron chi connectivity index (χ1n) is 6.84. The Hall–Kier alpha value is -0.540. The summed E-state index contributed by atoms with van der Waals surface area (Å²) in [5.41, 5.74) is 4.20. The number of benzene rings is 1. The first-order chi connectivity index (χ1) is 8.61. The molecule has 2 nitrogen and oxygen atoms in total. The van der Waals surface area contributed by atoms with Crippen LogP contribution in [0.4, 0.5) is 5.69 Å². The van der Waals surface area contributed by atoms with Crippen molar-refractivity contribution in [2.24, 2.45) is 5.92 Å². The van der Waals surface area contributed by atoms with Gasteiger partial charge in [0.15, 0.2) is 0 Å². The van der Waals surface area contributed by atoms with E-state index in [0.717, 1.165) is 19.0 Å². The largest absolute Gasteiger partial charge is 0.371 e. The number of halogens is 1. The monoisotopic (exact) mass is 310 g/mol. The molecule has 1 aliphatic heterocycles. The molecule has 0 amide bonds. The zero-order valence-electron chi connectivity index (χ0n) is 11.6. The Balaban J connectivity index is 2.09. The molecule has 0 aliphatic carbocycles. The van der Waals surface area contributed by atoms with E-state index >= 15 is 0 Å². The molecule has 2 rings (SSSR count). The van der Waals surface area contributed by atoms with Gasteiger partial charge in [0.2, 0.25) is 0 Å². The summed E-state index contributed by atoms with van der Waals surface area (Å²) in [7, 11) is 0. The van der Waals surface area contributed by atoms with E-state index < -0.39 is 0 Å². The van der Waals surface area contributed by atoms with Gasteiger partial charge in [-0.2, -0.15) is 0 Å². The topological polar surface area (TPSA) is 15.3 Å². The quantitative estimate of drug-likeness (QED) is 0.915. The van der Waals surface area contributed by atoms with Crippen molar-refractivity contribution in [3.05, 3.63) is 27.7 Å². The van der Waals surface area contributed by atoms with E-state index in [1.807, 2.05) is 0 Å². The van der Waals surface area contributed by atoms with Crippen LogP contribution < -0.4 is 10.2 Å². The van der Waals surface area contributed by atoms with Gasteiger partial charge in [0.25, 0.3) is 0 Å². The molecule has 1 heterocycles. The first-order valence-corrected chi connectivity index (χ1v) is 7.63. The van der Waals surface area contributed by atoms with Crippen LogP contribution >= 0.6 is 15.9 Å². The highest BCUT2D eigenvalue weighted by Gasteiger charge is 2.24. The fourth-order valence-electron chi connectivity index (χ4n) is 2.95. The second kappa shape index (κ2) is 6.07. The smallest absolute Gasteiger partial charge is 0.0426 e. The molecular formula is C15H23BrN2. The molecule has 1 atom stereocenters. The lowest BCUT2D eigenvalue weighted by molar-refractivity contribution is 0.527. The zero-order valence-corrected chi connectivity index (χ0v) is 13.2. The maximum absolute atomic E-state index is 3.57. The maximum atomic E-state index is 3.57. The number of rotatable bonds is 4. The van der Waals surface area contributed by atoms with Crippen molar-refractivity contribution in [3.63, 3.8) is 0 Å². The fraction of sp³-hybridized carbons (Fsp3) is 0.600. The average molecular weight is 311 g/mol. The van der Waals surface area contributed by atoms with Gasteiger partial charge >= 0.3 is 0 Å². The SMILES string of the molecule is CCNCC1CCN(c2c(C)cc(Br)cc2C)C1. The predicted octanol–water partition coefficient (Wildman–Crippen LogP) is 3.50. The molecule has 1 unspecified atom stereocenters. The highest BCUT2D eigenvalue weighted by molar-refractivity contribution is 9.10. The molecular weight excluding hydrogens is 288 g/mol. The summed E-state index contributed by atoms with van der Waals surface area (Å²) in [5, 5.41) is 3.47. The minimum Gasteiger partial charge on any atom is -0.371 e. The molecule has 0 radical (unpaired) electrons. The number of hydrogen-bond donors (Lipinski definition) is 1. The van der Waals surface area contributed by atoms with Crippen LogP contribution in [0.25, 0.3) is 0 Å². The normalized spacial score (nSPS) is 19.6. The molecule has 0 saturated carbocycles. The summed E-state index contributed by atoms with van der Waals surface area (Å²) in [6.45, 7) is 11.2. The Morgan fingerprint density at radius 2 is 2.00 bits per heavy atom. The lowest BCUT2D eigenvalue weighted by Crippen LogP contribution is -2.26. The van der Waals surface area contributed by atoms with Crippen LogP contribution in [0.3, 0.4) is 0 Å². The van der Waals surface area contributed by atoms with Gasteiger partial charge in [0, 0.05) is 23.2 Å². The third kappa shape index (κ3) is 3.07. The Bertz CT molecular complexity index is 394. The third-order valence-electron chi connectivity index (χ3n) is 3.74. The van der Waals surface area contributed by atoms with Gasteiger partial charge in [0.1, 0.15) is 0 Å². The molecule has 3 heteroatoms. The van der Waals surface area contributed by atoms with E-state index in [2.05, 4.69) is 59.1 Å². The van der Waals surface area contributed by atoms with Gasteiger partial charge in [0.05, 0.1) is 0 Å². The minimum atomic E-state index is 0.799. The second-order valence-electron chi connectivity index (χ2n) is 5.30. The standard InChI is InChI=1S/C15H23BrN2/c1-4-17-9-13-5-6-18(10-13)15-11(2)7-14(16)8-12(15)3/h7-8,13,17H,4-6,9-10H2,1-3H3. The molecule has 1 fully saturated rings. The van der Waals surface area contributed by atoms with E-state index in [1.165, 1.54) is 40.8 Å². The van der Waals surface area contributed by atoms with Crippen molar-refractivity contribution in [3.8, 4) is 0 Å². The van der Waals surface area contributed by atoms with Gasteiger partial charge in [-0.1, -0.05) is 22.9 Å². The van der Waals surface area contributed by atoms with Crippen molar-refractivity contribution in [2.45, 2.75) is 27.2 Å². The molecule has 1 aliphatic rings. The Kier molecular flexibility index (Phi) is 4.68. The molecule has 18 heavy (non-hydrogen) atoms. The van der Waals surface area contributed by atoms with Crippen molar-refractivity contribution >= 4 is 21.6 Å². The van der Waals surface area contributed by atoms with Crippen LogP contribution in [-0.4, -0.2) is 26.2 Å². The van der Waals surface area contributed by atoms with Crippen LogP contribution in [0.1, 0.15) is 24.5 Å². The molecule has 1 saturated heterocycles. The van der Waals surface area contributed by atoms with Gasteiger partial charge in [-0.25, -0.2) is 0 Å². The molecule has 0 spiro atoms. The van der Waals surface area contributed by atoms with Gasteiger partial charge in [-0.15, -0.1) is 0 Å². The Morgan fingerprint density at radius 3 is 2.61 bits per heavy atom. The summed E-state index contributed by atoms with van der Waals surface area (Å²) in [4.78, 5) is 2.55. The summed E-state index contributed by atoms with van der Waals surface area (Å²) in [6.07, 6.45) is 1.31. The van der Waals surface area contributed by atoms with Crippen LogP contribution in [0.15, 0.2) is 16.6 Å². The molecule has 1 N–H and O–H groups in total. The van der Waals surface area contributed by atoms with E-state index in [9.17, 15) is 0 Å². The van der Waals surface area contributed by atoms with Crippen molar-refractivity contribution in [2.75, 3.05) is 31.1 Å². The minimum absolute atomic E-state index is 0.799. The third-order valence-corrected chi connectivity index (χ3v) is 4.20. The molecule has 100 valence electrons. The number of anilines is 1. The lowest BCUT2D eigenvalue weighted by Gasteiger charge is -2.23. The zero-order chi connectivity index (χ0) is 13.1. The van der Waals surface area contributed by atoms with Crippen LogP contribution in [0, 0.1) is 19.8 Å². The van der Waals surface area contributed by atoms with E-state index in [1.54, 1.807) is 0 Å². The fourth-order valence-corrected chi connectivity index (χ4v) is 3.64. The Labute approximate surface area is 119 Å². The van der Waals surface area contributed by atoms with E-state index in [-0.39, 0.29) is 0 Å². The number of hydrogen-bond acceptors (Lipinski definition) is 2. The first kappa shape index (κ1) is 13.9. The summed E-state index contributed by atoms with van der Waals surface area (Å²) in [5.74, 6) is 0.799. The molecule has 1 aromatic rings.